The SMILES string of the molecule is C#CCN1C(=O)S/C(=C/c2cccn2-c2ccc(C)cc2C)C1=O. The predicted octanol–water partition coefficient (Wildman–Crippen LogP) is 3.76. The summed E-state index contributed by atoms with van der Waals surface area (Å²) >= 11 is 0.920. The molecule has 0 bridgehead atoms. The van der Waals surface area contributed by atoms with Crippen molar-refractivity contribution in [3.63, 3.8) is 0 Å². The van der Waals surface area contributed by atoms with Gasteiger partial charge in [0.05, 0.1) is 11.4 Å². The van der Waals surface area contributed by atoms with Crippen LogP contribution in [0.1, 0.15) is 16.8 Å². The van der Waals surface area contributed by atoms with Crippen molar-refractivity contribution in [1.82, 2.24) is 9.47 Å². The molecule has 0 saturated carbocycles. The van der Waals surface area contributed by atoms with Crippen LogP contribution in [0.25, 0.3) is 11.8 Å². The fourth-order valence-electron chi connectivity index (χ4n) is 2.67. The smallest absolute Gasteiger partial charge is 0.294 e. The van der Waals surface area contributed by atoms with Gasteiger partial charge in [0.25, 0.3) is 11.1 Å². The molecule has 0 N–H and O–H groups in total. The molecule has 0 aliphatic carbocycles. The zero-order chi connectivity index (χ0) is 17.3. The van der Waals surface area contributed by atoms with Gasteiger partial charge in [0.2, 0.25) is 0 Å². The fourth-order valence-corrected chi connectivity index (χ4v) is 3.49. The lowest BCUT2D eigenvalue weighted by Gasteiger charge is -2.11. The van der Waals surface area contributed by atoms with Gasteiger partial charge in [-0.25, -0.2) is 0 Å². The molecule has 1 aliphatic rings. The molecule has 2 aromatic rings. The van der Waals surface area contributed by atoms with E-state index in [4.69, 9.17) is 6.42 Å². The van der Waals surface area contributed by atoms with Crippen molar-refractivity contribution in [3.05, 3.63) is 58.3 Å². The summed E-state index contributed by atoms with van der Waals surface area (Å²) in [6.07, 6.45) is 8.89. The Morgan fingerprint density at radius 2 is 2.04 bits per heavy atom. The number of benzene rings is 1. The van der Waals surface area contributed by atoms with Crippen molar-refractivity contribution in [2.24, 2.45) is 0 Å². The minimum atomic E-state index is -0.337. The average molecular weight is 336 g/mol. The Labute approximate surface area is 145 Å². The number of aromatic nitrogens is 1. The molecule has 1 aromatic heterocycles. The monoisotopic (exact) mass is 336 g/mol. The van der Waals surface area contributed by atoms with E-state index in [1.807, 2.05) is 42.0 Å². The van der Waals surface area contributed by atoms with E-state index in [2.05, 4.69) is 18.9 Å². The van der Waals surface area contributed by atoms with Crippen molar-refractivity contribution in [2.45, 2.75) is 13.8 Å². The van der Waals surface area contributed by atoms with E-state index in [1.54, 1.807) is 6.08 Å². The minimum absolute atomic E-state index is 0.0000881. The summed E-state index contributed by atoms with van der Waals surface area (Å²) < 4.78 is 2.00. The second kappa shape index (κ2) is 6.42. The van der Waals surface area contributed by atoms with Gasteiger partial charge in [-0.1, -0.05) is 23.6 Å². The van der Waals surface area contributed by atoms with Crippen molar-refractivity contribution >= 4 is 29.0 Å². The van der Waals surface area contributed by atoms with Crippen LogP contribution in [0.3, 0.4) is 0 Å². The van der Waals surface area contributed by atoms with E-state index in [9.17, 15) is 9.59 Å². The molecule has 2 amide bonds. The molecule has 0 spiro atoms. The highest BCUT2D eigenvalue weighted by Crippen LogP contribution is 2.32. The minimum Gasteiger partial charge on any atom is -0.317 e. The molecule has 0 radical (unpaired) electrons. The number of carbonyl (C=O) groups excluding carboxylic acids is 2. The summed E-state index contributed by atoms with van der Waals surface area (Å²) in [4.78, 5) is 25.7. The zero-order valence-electron chi connectivity index (χ0n) is 13.4. The van der Waals surface area contributed by atoms with E-state index in [-0.39, 0.29) is 17.7 Å². The van der Waals surface area contributed by atoms with Gasteiger partial charge in [0, 0.05) is 17.6 Å². The Bertz CT molecular complexity index is 902. The summed E-state index contributed by atoms with van der Waals surface area (Å²) in [5, 5.41) is -0.325. The first-order valence-electron chi connectivity index (χ1n) is 7.45. The number of aryl methyl sites for hydroxylation is 2. The van der Waals surface area contributed by atoms with Crippen LogP contribution >= 0.6 is 11.8 Å². The van der Waals surface area contributed by atoms with Gasteiger partial charge >= 0.3 is 0 Å². The number of terminal acetylenes is 1. The topological polar surface area (TPSA) is 42.3 Å². The molecule has 2 heterocycles. The first kappa shape index (κ1) is 16.2. The van der Waals surface area contributed by atoms with Crippen LogP contribution in [0.4, 0.5) is 4.79 Å². The lowest BCUT2D eigenvalue weighted by molar-refractivity contribution is -0.122. The second-order valence-corrected chi connectivity index (χ2v) is 6.56. The van der Waals surface area contributed by atoms with Crippen LogP contribution in [-0.4, -0.2) is 27.2 Å². The summed E-state index contributed by atoms with van der Waals surface area (Å²) in [6, 6.07) is 10.0. The van der Waals surface area contributed by atoms with E-state index >= 15 is 0 Å². The van der Waals surface area contributed by atoms with Crippen LogP contribution in [0.5, 0.6) is 0 Å². The average Bonchev–Trinajstić information content (AvgIpc) is 3.08. The Hall–Kier alpha value is -2.71. The first-order chi connectivity index (χ1) is 11.5. The molecule has 120 valence electrons. The third-order valence-corrected chi connectivity index (χ3v) is 4.70. The number of nitrogens with zero attached hydrogens (tertiary/aromatic N) is 2. The molecular weight excluding hydrogens is 320 g/mol. The van der Waals surface area contributed by atoms with Gasteiger partial charge < -0.3 is 4.57 Å². The predicted molar refractivity (Wildman–Crippen MR) is 96.8 cm³/mol. The highest BCUT2D eigenvalue weighted by Gasteiger charge is 2.34. The lowest BCUT2D eigenvalue weighted by Crippen LogP contribution is -2.28. The number of thioether (sulfide) groups is 1. The standard InChI is InChI=1S/C19H16N2O2S/c1-4-9-21-18(22)17(24-19(21)23)12-15-6-5-10-20(15)16-8-7-13(2)11-14(16)3/h1,5-8,10-12H,9H2,2-3H3/b17-12+. The van der Waals surface area contributed by atoms with E-state index in [0.29, 0.717) is 4.91 Å². The van der Waals surface area contributed by atoms with Gasteiger partial charge in [0.1, 0.15) is 0 Å². The largest absolute Gasteiger partial charge is 0.317 e. The molecule has 5 heteroatoms. The third-order valence-electron chi connectivity index (χ3n) is 3.79. The number of imide groups is 1. The van der Waals surface area contributed by atoms with Crippen molar-refractivity contribution < 1.29 is 9.59 Å². The van der Waals surface area contributed by atoms with Crippen LogP contribution in [0, 0.1) is 26.2 Å². The summed E-state index contributed by atoms with van der Waals surface area (Å²) in [5.41, 5.74) is 4.22. The van der Waals surface area contributed by atoms with Gasteiger partial charge in [-0.2, -0.15) is 0 Å². The molecule has 4 nitrogen and oxygen atoms in total. The van der Waals surface area contributed by atoms with E-state index in [1.165, 1.54) is 5.56 Å². The molecule has 3 rings (SSSR count). The summed E-state index contributed by atoms with van der Waals surface area (Å²) in [7, 11) is 0. The first-order valence-corrected chi connectivity index (χ1v) is 8.26. The molecule has 1 fully saturated rings. The van der Waals surface area contributed by atoms with Crippen molar-refractivity contribution in [1.29, 1.82) is 0 Å². The molecule has 24 heavy (non-hydrogen) atoms. The Balaban J connectivity index is 1.99. The number of hydrogen-bond acceptors (Lipinski definition) is 3. The quantitative estimate of drug-likeness (QED) is 0.633. The van der Waals surface area contributed by atoms with Crippen LogP contribution < -0.4 is 0 Å². The highest BCUT2D eigenvalue weighted by atomic mass is 32.2. The number of carbonyl (C=O) groups is 2. The third kappa shape index (κ3) is 2.89. The Kier molecular flexibility index (Phi) is 4.32. The Morgan fingerprint density at radius 3 is 2.75 bits per heavy atom. The van der Waals surface area contributed by atoms with Crippen molar-refractivity contribution in [3.8, 4) is 18.0 Å². The molecule has 1 saturated heterocycles. The van der Waals surface area contributed by atoms with E-state index < -0.39 is 0 Å². The Morgan fingerprint density at radius 1 is 1.25 bits per heavy atom. The molecule has 0 atom stereocenters. The normalized spacial score (nSPS) is 16.0. The van der Waals surface area contributed by atoms with Crippen LogP contribution in [0.15, 0.2) is 41.4 Å². The maximum atomic E-state index is 12.3. The number of hydrogen-bond donors (Lipinski definition) is 0. The summed E-state index contributed by atoms with van der Waals surface area (Å²) in [6.45, 7) is 4.10. The summed E-state index contributed by atoms with van der Waals surface area (Å²) in [5.74, 6) is 2.00. The van der Waals surface area contributed by atoms with Crippen LogP contribution in [0.2, 0.25) is 0 Å². The number of rotatable bonds is 3. The lowest BCUT2D eigenvalue weighted by atomic mass is 10.1. The molecule has 1 aromatic carbocycles. The van der Waals surface area contributed by atoms with Crippen LogP contribution in [-0.2, 0) is 4.79 Å². The van der Waals surface area contributed by atoms with Gasteiger partial charge in [0.15, 0.2) is 0 Å². The highest BCUT2D eigenvalue weighted by molar-refractivity contribution is 8.18. The van der Waals surface area contributed by atoms with Gasteiger partial charge in [-0.15, -0.1) is 6.42 Å². The van der Waals surface area contributed by atoms with E-state index in [0.717, 1.165) is 33.6 Å². The molecular formula is C19H16N2O2S. The fraction of sp³-hybridized carbons (Fsp3) is 0.158. The van der Waals surface area contributed by atoms with Gasteiger partial charge in [-0.3, -0.25) is 14.5 Å². The zero-order valence-corrected chi connectivity index (χ0v) is 14.3. The number of amides is 2. The maximum Gasteiger partial charge on any atom is 0.294 e. The maximum absolute atomic E-state index is 12.3. The second-order valence-electron chi connectivity index (χ2n) is 5.56. The molecule has 1 aliphatic heterocycles. The van der Waals surface area contributed by atoms with Gasteiger partial charge in [-0.05, 0) is 55.4 Å². The van der Waals surface area contributed by atoms with Crippen molar-refractivity contribution in [2.75, 3.05) is 6.54 Å². The molecule has 0 unspecified atom stereocenters.